The van der Waals surface area contributed by atoms with E-state index in [1.54, 1.807) is 18.2 Å². The molecule has 19 heavy (non-hydrogen) atoms. The summed E-state index contributed by atoms with van der Waals surface area (Å²) < 4.78 is 6.22. The maximum absolute atomic E-state index is 11.6. The Morgan fingerprint density at radius 1 is 1.32 bits per heavy atom. The molecule has 0 amide bonds. The van der Waals surface area contributed by atoms with Crippen molar-refractivity contribution in [2.75, 3.05) is 7.11 Å². The Hall–Kier alpha value is -2.81. The lowest BCUT2D eigenvalue weighted by Crippen LogP contribution is -2.28. The van der Waals surface area contributed by atoms with E-state index in [0.717, 1.165) is 5.56 Å². The fourth-order valence-corrected chi connectivity index (χ4v) is 1.70. The minimum atomic E-state index is -0.353. The molecule has 0 bridgehead atoms. The second-order valence-electron chi connectivity index (χ2n) is 3.88. The van der Waals surface area contributed by atoms with Crippen LogP contribution in [-0.4, -0.2) is 16.9 Å². The molecule has 2 aromatic rings. The third-order valence-electron chi connectivity index (χ3n) is 2.61. The number of hydrogen-bond donors (Lipinski definition) is 1. The highest BCUT2D eigenvalue weighted by Gasteiger charge is 2.05. The number of nitriles is 1. The highest BCUT2D eigenvalue weighted by atomic mass is 16.5. The summed E-state index contributed by atoms with van der Waals surface area (Å²) in [4.78, 5) is 22.7. The van der Waals surface area contributed by atoms with Crippen molar-refractivity contribution < 1.29 is 4.74 Å². The van der Waals surface area contributed by atoms with Crippen LogP contribution >= 0.6 is 0 Å². The molecule has 0 aliphatic carbocycles. The summed E-state index contributed by atoms with van der Waals surface area (Å²) in [5.41, 5.74) is 0.440. The van der Waals surface area contributed by atoms with Gasteiger partial charge in [0, 0.05) is 12.1 Å². The van der Waals surface area contributed by atoms with Gasteiger partial charge in [-0.3, -0.25) is 14.7 Å². The first-order valence-corrected chi connectivity index (χ1v) is 5.51. The Morgan fingerprint density at radius 3 is 2.79 bits per heavy atom. The first-order valence-electron chi connectivity index (χ1n) is 5.51. The van der Waals surface area contributed by atoms with E-state index < -0.39 is 0 Å². The van der Waals surface area contributed by atoms with Crippen molar-refractivity contribution in [3.05, 3.63) is 62.2 Å². The first-order chi connectivity index (χ1) is 9.13. The van der Waals surface area contributed by atoms with E-state index in [1.807, 2.05) is 6.07 Å². The number of methoxy groups -OCH3 is 1. The summed E-state index contributed by atoms with van der Waals surface area (Å²) in [6.45, 7) is 0.188. The van der Waals surface area contributed by atoms with E-state index in [1.165, 1.54) is 23.9 Å². The van der Waals surface area contributed by atoms with Gasteiger partial charge in [-0.25, -0.2) is 4.68 Å². The largest absolute Gasteiger partial charge is 0.495 e. The van der Waals surface area contributed by atoms with Crippen molar-refractivity contribution in [2.24, 2.45) is 0 Å². The fourth-order valence-electron chi connectivity index (χ4n) is 1.70. The number of rotatable bonds is 3. The zero-order valence-corrected chi connectivity index (χ0v) is 10.2. The van der Waals surface area contributed by atoms with E-state index in [4.69, 9.17) is 10.00 Å². The monoisotopic (exact) mass is 257 g/mol. The fraction of sp³-hybridized carbons (Fsp3) is 0.154. The normalized spacial score (nSPS) is 9.89. The van der Waals surface area contributed by atoms with Crippen LogP contribution < -0.4 is 15.9 Å². The van der Waals surface area contributed by atoms with E-state index in [2.05, 4.69) is 5.10 Å². The minimum absolute atomic E-state index is 0.188. The smallest absolute Gasteiger partial charge is 0.265 e. The summed E-state index contributed by atoms with van der Waals surface area (Å²) in [6.07, 6.45) is 0. The van der Waals surface area contributed by atoms with Crippen LogP contribution in [0.25, 0.3) is 0 Å². The molecule has 0 saturated heterocycles. The molecule has 1 N–H and O–H groups in total. The van der Waals surface area contributed by atoms with Gasteiger partial charge in [0.05, 0.1) is 19.2 Å². The average molecular weight is 257 g/mol. The summed E-state index contributed by atoms with van der Waals surface area (Å²) in [7, 11) is 1.48. The number of ether oxygens (including phenoxy) is 1. The molecule has 96 valence electrons. The van der Waals surface area contributed by atoms with Crippen molar-refractivity contribution in [3.8, 4) is 11.8 Å². The Morgan fingerprint density at radius 2 is 2.11 bits per heavy atom. The molecule has 1 heterocycles. The van der Waals surface area contributed by atoms with Gasteiger partial charge >= 0.3 is 0 Å². The molecule has 6 nitrogen and oxygen atoms in total. The molecule has 0 radical (unpaired) electrons. The van der Waals surface area contributed by atoms with Crippen LogP contribution in [0.2, 0.25) is 0 Å². The lowest BCUT2D eigenvalue weighted by molar-refractivity contribution is 0.413. The number of aromatic amines is 1. The molecular formula is C13H11N3O3. The predicted molar refractivity (Wildman–Crippen MR) is 68.1 cm³/mol. The van der Waals surface area contributed by atoms with Gasteiger partial charge in [-0.05, 0) is 17.7 Å². The highest BCUT2D eigenvalue weighted by molar-refractivity contribution is 5.45. The minimum Gasteiger partial charge on any atom is -0.495 e. The number of hydrogen-bond acceptors (Lipinski definition) is 4. The Bertz CT molecular complexity index is 753. The molecule has 0 spiro atoms. The Labute approximate surface area is 108 Å². The quantitative estimate of drug-likeness (QED) is 0.865. The Kier molecular flexibility index (Phi) is 3.48. The second kappa shape index (κ2) is 5.23. The van der Waals surface area contributed by atoms with E-state index in [9.17, 15) is 9.59 Å². The number of aromatic nitrogens is 2. The van der Waals surface area contributed by atoms with Gasteiger partial charge in [-0.1, -0.05) is 6.07 Å². The average Bonchev–Trinajstić information content (AvgIpc) is 2.42. The molecule has 1 aromatic heterocycles. The number of nitrogens with zero attached hydrogens (tertiary/aromatic N) is 2. The summed E-state index contributed by atoms with van der Waals surface area (Å²) in [5, 5.41) is 11.4. The first kappa shape index (κ1) is 12.6. The zero-order chi connectivity index (χ0) is 13.8. The van der Waals surface area contributed by atoms with Gasteiger partial charge < -0.3 is 4.74 Å². The molecule has 0 aliphatic heterocycles. The van der Waals surface area contributed by atoms with Crippen molar-refractivity contribution in [1.29, 1.82) is 5.26 Å². The second-order valence-corrected chi connectivity index (χ2v) is 3.88. The molecule has 0 atom stereocenters. The van der Waals surface area contributed by atoms with Crippen LogP contribution in [-0.2, 0) is 6.54 Å². The van der Waals surface area contributed by atoms with Crippen molar-refractivity contribution in [1.82, 2.24) is 9.78 Å². The third-order valence-corrected chi connectivity index (χ3v) is 2.61. The summed E-state index contributed by atoms with van der Waals surface area (Å²) in [6, 6.07) is 9.40. The van der Waals surface area contributed by atoms with Crippen molar-refractivity contribution in [2.45, 2.75) is 6.54 Å². The van der Waals surface area contributed by atoms with Crippen LogP contribution in [0.3, 0.4) is 0 Å². The maximum Gasteiger partial charge on any atom is 0.265 e. The van der Waals surface area contributed by atoms with E-state index in [0.29, 0.717) is 11.3 Å². The SMILES string of the molecule is COc1ccc(Cn2[nH]c(=O)ccc2=O)cc1C#N. The standard InChI is InChI=1S/C13H11N3O3/c1-19-11-3-2-9(6-10(11)7-14)8-16-13(18)5-4-12(17)15-16/h2-6H,8H2,1H3,(H,15,17). The molecular weight excluding hydrogens is 246 g/mol. The van der Waals surface area contributed by atoms with E-state index in [-0.39, 0.29) is 17.7 Å². The van der Waals surface area contributed by atoms with Crippen LogP contribution in [0.1, 0.15) is 11.1 Å². The summed E-state index contributed by atoms with van der Waals surface area (Å²) in [5.74, 6) is 0.472. The van der Waals surface area contributed by atoms with Crippen LogP contribution in [0.5, 0.6) is 5.75 Å². The third kappa shape index (κ3) is 2.72. The lowest BCUT2D eigenvalue weighted by atomic mass is 10.1. The van der Waals surface area contributed by atoms with Gasteiger partial charge in [0.15, 0.2) is 0 Å². The van der Waals surface area contributed by atoms with Gasteiger partial charge in [0.25, 0.3) is 11.1 Å². The zero-order valence-electron chi connectivity index (χ0n) is 10.2. The highest BCUT2D eigenvalue weighted by Crippen LogP contribution is 2.18. The van der Waals surface area contributed by atoms with E-state index >= 15 is 0 Å². The van der Waals surface area contributed by atoms with Crippen molar-refractivity contribution in [3.63, 3.8) is 0 Å². The van der Waals surface area contributed by atoms with Gasteiger partial charge in [0.1, 0.15) is 11.8 Å². The molecule has 2 rings (SSSR count). The number of nitrogens with one attached hydrogen (secondary N) is 1. The molecule has 0 unspecified atom stereocenters. The number of benzene rings is 1. The molecule has 0 aliphatic rings. The molecule has 0 fully saturated rings. The molecule has 6 heteroatoms. The maximum atomic E-state index is 11.6. The molecule has 1 aromatic carbocycles. The van der Waals surface area contributed by atoms with Gasteiger partial charge in [0.2, 0.25) is 0 Å². The van der Waals surface area contributed by atoms with Crippen LogP contribution in [0, 0.1) is 11.3 Å². The van der Waals surface area contributed by atoms with Crippen LogP contribution in [0.4, 0.5) is 0 Å². The predicted octanol–water partition coefficient (Wildman–Crippen LogP) is 0.465. The molecule has 0 saturated carbocycles. The topological polar surface area (TPSA) is 87.9 Å². The summed E-state index contributed by atoms with van der Waals surface area (Å²) >= 11 is 0. The van der Waals surface area contributed by atoms with Gasteiger partial charge in [-0.2, -0.15) is 5.26 Å². The lowest BCUT2D eigenvalue weighted by Gasteiger charge is -2.07. The van der Waals surface area contributed by atoms with Gasteiger partial charge in [-0.15, -0.1) is 0 Å². The van der Waals surface area contributed by atoms with Crippen LogP contribution in [0.15, 0.2) is 39.9 Å². The van der Waals surface area contributed by atoms with Crippen molar-refractivity contribution >= 4 is 0 Å². The number of H-pyrrole nitrogens is 1. The Balaban J connectivity index is 2.39.